The van der Waals surface area contributed by atoms with E-state index < -0.39 is 11.9 Å². The standard InChI is InChI=1S/C22H23FN4O2S/c1-14(15-2-7-19-18(12-15)24-13-30-19)26-10-8-22(9-11-26)20(28)27(21(29)25-22)17-5-3-16(23)4-6-17/h2-7,12-14,21,25,29H,8-11H2,1H3. The van der Waals surface area contributed by atoms with Crippen LogP contribution in [0.25, 0.3) is 10.2 Å². The van der Waals surface area contributed by atoms with E-state index in [1.54, 1.807) is 11.3 Å². The van der Waals surface area contributed by atoms with Gasteiger partial charge in [-0.15, -0.1) is 11.3 Å². The first-order valence-corrected chi connectivity index (χ1v) is 11.0. The lowest BCUT2D eigenvalue weighted by atomic mass is 9.86. The Morgan fingerprint density at radius 2 is 1.97 bits per heavy atom. The number of thiazole rings is 1. The van der Waals surface area contributed by atoms with Crippen molar-refractivity contribution in [1.82, 2.24) is 15.2 Å². The molecule has 3 aromatic rings. The second kappa shape index (κ2) is 7.39. The predicted molar refractivity (Wildman–Crippen MR) is 115 cm³/mol. The number of fused-ring (bicyclic) bond motifs is 1. The number of nitrogens with zero attached hydrogens (tertiary/aromatic N) is 3. The molecule has 2 saturated heterocycles. The Morgan fingerprint density at radius 3 is 2.70 bits per heavy atom. The van der Waals surface area contributed by atoms with Gasteiger partial charge in [0.2, 0.25) is 0 Å². The van der Waals surface area contributed by atoms with Gasteiger partial charge in [0.15, 0.2) is 6.35 Å². The Morgan fingerprint density at radius 1 is 1.23 bits per heavy atom. The van der Waals surface area contributed by atoms with Gasteiger partial charge in [0.05, 0.1) is 15.7 Å². The molecule has 0 bridgehead atoms. The molecule has 2 N–H and O–H groups in total. The highest BCUT2D eigenvalue weighted by molar-refractivity contribution is 7.16. The van der Waals surface area contributed by atoms with E-state index in [2.05, 4.69) is 40.3 Å². The van der Waals surface area contributed by atoms with Gasteiger partial charge < -0.3 is 5.11 Å². The Balaban J connectivity index is 1.31. The number of rotatable bonds is 3. The van der Waals surface area contributed by atoms with Gasteiger partial charge in [0.1, 0.15) is 11.4 Å². The summed E-state index contributed by atoms with van der Waals surface area (Å²) in [5.74, 6) is -0.529. The predicted octanol–water partition coefficient (Wildman–Crippen LogP) is 3.24. The molecule has 2 aliphatic rings. The van der Waals surface area contributed by atoms with Gasteiger partial charge in [-0.05, 0) is 61.7 Å². The first-order chi connectivity index (χ1) is 14.5. The molecule has 2 unspecified atom stereocenters. The molecule has 30 heavy (non-hydrogen) atoms. The summed E-state index contributed by atoms with van der Waals surface area (Å²) in [6, 6.07) is 12.2. The van der Waals surface area contributed by atoms with Crippen LogP contribution in [0.3, 0.4) is 0 Å². The van der Waals surface area contributed by atoms with E-state index in [0.717, 1.165) is 18.6 Å². The molecule has 2 aromatic carbocycles. The normalized spacial score (nSPS) is 22.8. The Hall–Kier alpha value is -2.39. The van der Waals surface area contributed by atoms with Gasteiger partial charge in [0.25, 0.3) is 5.91 Å². The smallest absolute Gasteiger partial charge is 0.250 e. The van der Waals surface area contributed by atoms with Crippen LogP contribution in [-0.2, 0) is 4.79 Å². The topological polar surface area (TPSA) is 68.7 Å². The van der Waals surface area contributed by atoms with Crippen LogP contribution in [0.2, 0.25) is 0 Å². The van der Waals surface area contributed by atoms with E-state index in [9.17, 15) is 14.3 Å². The Bertz CT molecular complexity index is 1080. The van der Waals surface area contributed by atoms with Crippen molar-refractivity contribution in [3.8, 4) is 0 Å². The van der Waals surface area contributed by atoms with Crippen LogP contribution in [0.4, 0.5) is 10.1 Å². The van der Waals surface area contributed by atoms with E-state index in [-0.39, 0.29) is 17.8 Å². The van der Waals surface area contributed by atoms with Crippen molar-refractivity contribution in [3.05, 3.63) is 59.4 Å². The minimum atomic E-state index is -1.11. The molecular formula is C22H23FN4O2S. The van der Waals surface area contributed by atoms with Gasteiger partial charge in [-0.2, -0.15) is 0 Å². The highest BCUT2D eigenvalue weighted by atomic mass is 32.1. The van der Waals surface area contributed by atoms with E-state index in [0.29, 0.717) is 18.5 Å². The lowest BCUT2D eigenvalue weighted by molar-refractivity contribution is -0.124. The number of anilines is 1. The number of amides is 1. The van der Waals surface area contributed by atoms with Crippen molar-refractivity contribution in [2.75, 3.05) is 18.0 Å². The summed E-state index contributed by atoms with van der Waals surface area (Å²) in [6.07, 6.45) is 0.0901. The minimum absolute atomic E-state index is 0.155. The average molecular weight is 427 g/mol. The van der Waals surface area contributed by atoms with E-state index in [4.69, 9.17) is 0 Å². The number of carbonyl (C=O) groups is 1. The fourth-order valence-corrected chi connectivity index (χ4v) is 5.23. The van der Waals surface area contributed by atoms with Gasteiger partial charge in [-0.3, -0.25) is 19.9 Å². The molecular weight excluding hydrogens is 403 g/mol. The molecule has 156 valence electrons. The molecule has 1 amide bonds. The molecule has 1 spiro atoms. The number of aliphatic hydroxyl groups is 1. The van der Waals surface area contributed by atoms with Crippen molar-refractivity contribution in [2.45, 2.75) is 37.7 Å². The number of hydrogen-bond donors (Lipinski definition) is 2. The summed E-state index contributed by atoms with van der Waals surface area (Å²) in [6.45, 7) is 3.65. The third-order valence-electron chi connectivity index (χ3n) is 6.42. The summed E-state index contributed by atoms with van der Waals surface area (Å²) < 4.78 is 14.4. The van der Waals surface area contributed by atoms with Gasteiger partial charge in [-0.1, -0.05) is 6.07 Å². The van der Waals surface area contributed by atoms with Gasteiger partial charge >= 0.3 is 0 Å². The number of aliphatic hydroxyl groups excluding tert-OH is 1. The van der Waals surface area contributed by atoms with Crippen molar-refractivity contribution >= 4 is 33.1 Å². The molecule has 0 saturated carbocycles. The number of likely N-dealkylation sites (tertiary alicyclic amines) is 1. The SMILES string of the molecule is CC(c1ccc2scnc2c1)N1CCC2(CC1)NC(O)N(c1ccc(F)cc1)C2=O. The highest BCUT2D eigenvalue weighted by Crippen LogP contribution is 2.36. The maximum Gasteiger partial charge on any atom is 0.250 e. The number of nitrogens with one attached hydrogen (secondary N) is 1. The van der Waals surface area contributed by atoms with Gasteiger partial charge in [0, 0.05) is 24.8 Å². The molecule has 8 heteroatoms. The summed E-state index contributed by atoms with van der Waals surface area (Å²) in [4.78, 5) is 21.3. The zero-order valence-corrected chi connectivity index (χ0v) is 17.4. The van der Waals surface area contributed by atoms with Crippen LogP contribution in [0.15, 0.2) is 48.0 Å². The maximum absolute atomic E-state index is 13.3. The first-order valence-electron chi connectivity index (χ1n) is 10.1. The summed E-state index contributed by atoms with van der Waals surface area (Å²) in [5, 5.41) is 13.6. The van der Waals surface area contributed by atoms with Crippen molar-refractivity contribution in [2.24, 2.45) is 0 Å². The maximum atomic E-state index is 13.3. The quantitative estimate of drug-likeness (QED) is 0.673. The van der Waals surface area contributed by atoms with E-state index in [1.165, 1.54) is 39.4 Å². The molecule has 6 nitrogen and oxygen atoms in total. The number of piperidine rings is 1. The molecule has 1 aromatic heterocycles. The van der Waals surface area contributed by atoms with Crippen molar-refractivity contribution in [3.63, 3.8) is 0 Å². The Kier molecular flexibility index (Phi) is 4.82. The van der Waals surface area contributed by atoms with Crippen LogP contribution in [0.1, 0.15) is 31.4 Å². The molecule has 3 heterocycles. The van der Waals surface area contributed by atoms with Crippen LogP contribution < -0.4 is 10.2 Å². The zero-order valence-electron chi connectivity index (χ0n) is 16.6. The summed E-state index contributed by atoms with van der Waals surface area (Å²) >= 11 is 1.64. The van der Waals surface area contributed by atoms with Crippen LogP contribution in [0, 0.1) is 5.82 Å². The fourth-order valence-electron chi connectivity index (χ4n) is 4.57. The lowest BCUT2D eigenvalue weighted by Gasteiger charge is -2.40. The van der Waals surface area contributed by atoms with E-state index in [1.807, 2.05) is 5.51 Å². The highest BCUT2D eigenvalue weighted by Gasteiger charge is 2.52. The lowest BCUT2D eigenvalue weighted by Crippen LogP contribution is -2.55. The molecule has 2 aliphatic heterocycles. The molecule has 0 radical (unpaired) electrons. The minimum Gasteiger partial charge on any atom is -0.360 e. The third kappa shape index (κ3) is 3.20. The molecule has 2 atom stereocenters. The van der Waals surface area contributed by atoms with Crippen molar-refractivity contribution < 1.29 is 14.3 Å². The third-order valence-corrected chi connectivity index (χ3v) is 7.23. The van der Waals surface area contributed by atoms with E-state index >= 15 is 0 Å². The average Bonchev–Trinajstić information content (AvgIpc) is 3.31. The monoisotopic (exact) mass is 426 g/mol. The van der Waals surface area contributed by atoms with Crippen LogP contribution >= 0.6 is 11.3 Å². The largest absolute Gasteiger partial charge is 0.360 e. The number of aromatic nitrogens is 1. The fraction of sp³-hybridized carbons (Fsp3) is 0.364. The second-order valence-corrected chi connectivity index (χ2v) is 8.93. The first kappa shape index (κ1) is 19.6. The molecule has 5 rings (SSSR count). The number of halogens is 1. The summed E-state index contributed by atoms with van der Waals surface area (Å²) in [5.41, 5.74) is 3.79. The van der Waals surface area contributed by atoms with Gasteiger partial charge in [-0.25, -0.2) is 9.37 Å². The van der Waals surface area contributed by atoms with Crippen molar-refractivity contribution in [1.29, 1.82) is 0 Å². The molecule has 0 aliphatic carbocycles. The Labute approximate surface area is 177 Å². The number of carbonyl (C=O) groups excluding carboxylic acids is 1. The zero-order chi connectivity index (χ0) is 20.9. The number of hydrogen-bond acceptors (Lipinski definition) is 6. The van der Waals surface area contributed by atoms with Crippen LogP contribution in [0.5, 0.6) is 0 Å². The number of benzene rings is 2. The second-order valence-electron chi connectivity index (χ2n) is 8.04. The van der Waals surface area contributed by atoms with Crippen LogP contribution in [-0.4, -0.2) is 45.9 Å². The molecule has 2 fully saturated rings. The summed E-state index contributed by atoms with van der Waals surface area (Å²) in [7, 11) is 0.